The van der Waals surface area contributed by atoms with Crippen molar-refractivity contribution in [2.45, 2.75) is 47.8 Å². The van der Waals surface area contributed by atoms with Crippen LogP contribution < -0.4 is 4.90 Å². The number of likely N-dealkylation sites (tertiary alicyclic amines) is 1. The van der Waals surface area contributed by atoms with Crippen LogP contribution in [-0.2, 0) is 24.1 Å². The van der Waals surface area contributed by atoms with Crippen molar-refractivity contribution in [3.05, 3.63) is 42.5 Å². The van der Waals surface area contributed by atoms with Crippen molar-refractivity contribution in [1.29, 1.82) is 0 Å². The van der Waals surface area contributed by atoms with Crippen LogP contribution in [0.15, 0.2) is 57.2 Å². The van der Waals surface area contributed by atoms with Crippen LogP contribution in [0, 0.1) is 11.8 Å². The molecule has 2 aliphatic rings. The standard InChI is InChI=1S/C27H34N2O6S2/c1-19(2)18-34-27(31)35-26(30)20-11-15-28(16-12-20)13-6-14-29-22-7-4-5-8-24(22)36-25-10-9-21(17-23(25)29)37(3,32)33/h4-5,7-10,17,19-20H,6,11-16,18H2,1-3H3. The Hall–Kier alpha value is -2.56. The highest BCUT2D eigenvalue weighted by molar-refractivity contribution is 7.99. The summed E-state index contributed by atoms with van der Waals surface area (Å²) < 4.78 is 34.2. The van der Waals surface area contributed by atoms with Gasteiger partial charge in [-0.2, -0.15) is 0 Å². The fourth-order valence-corrected chi connectivity index (χ4v) is 6.27. The maximum absolute atomic E-state index is 12.3. The molecule has 0 aliphatic carbocycles. The Bertz CT molecular complexity index is 1240. The van der Waals surface area contributed by atoms with Crippen LogP contribution in [0.25, 0.3) is 0 Å². The zero-order valence-electron chi connectivity index (χ0n) is 21.5. The highest BCUT2D eigenvalue weighted by atomic mass is 32.2. The van der Waals surface area contributed by atoms with Gasteiger partial charge < -0.3 is 19.3 Å². The molecule has 0 saturated carbocycles. The number of fused-ring (bicyclic) bond motifs is 2. The molecule has 0 unspecified atom stereocenters. The zero-order chi connectivity index (χ0) is 26.6. The number of benzene rings is 2. The highest BCUT2D eigenvalue weighted by Gasteiger charge is 2.29. The van der Waals surface area contributed by atoms with Crippen LogP contribution in [0.3, 0.4) is 0 Å². The first-order chi connectivity index (χ1) is 17.6. The summed E-state index contributed by atoms with van der Waals surface area (Å²) in [5.41, 5.74) is 1.99. The number of sulfone groups is 1. The molecule has 2 heterocycles. The Labute approximate surface area is 223 Å². The van der Waals surface area contributed by atoms with Gasteiger partial charge in [-0.1, -0.05) is 37.7 Å². The van der Waals surface area contributed by atoms with Gasteiger partial charge in [-0.3, -0.25) is 4.79 Å². The maximum Gasteiger partial charge on any atom is 0.516 e. The molecule has 2 aromatic rings. The van der Waals surface area contributed by atoms with Crippen molar-refractivity contribution in [3.63, 3.8) is 0 Å². The number of piperidine rings is 1. The van der Waals surface area contributed by atoms with Gasteiger partial charge in [0, 0.05) is 22.6 Å². The lowest BCUT2D eigenvalue weighted by Gasteiger charge is -2.35. The average molecular weight is 547 g/mol. The molecule has 2 aliphatic heterocycles. The molecule has 0 bridgehead atoms. The van der Waals surface area contributed by atoms with Gasteiger partial charge in [0.15, 0.2) is 9.84 Å². The number of hydrogen-bond donors (Lipinski definition) is 0. The summed E-state index contributed by atoms with van der Waals surface area (Å²) in [7, 11) is -3.31. The van der Waals surface area contributed by atoms with E-state index < -0.39 is 22.0 Å². The molecule has 200 valence electrons. The monoisotopic (exact) mass is 546 g/mol. The van der Waals surface area contributed by atoms with Crippen molar-refractivity contribution in [3.8, 4) is 0 Å². The quantitative estimate of drug-likeness (QED) is 0.330. The van der Waals surface area contributed by atoms with E-state index in [-0.39, 0.29) is 18.4 Å². The number of esters is 1. The Morgan fingerprint density at radius 2 is 1.73 bits per heavy atom. The third-order valence-electron chi connectivity index (χ3n) is 6.52. The van der Waals surface area contributed by atoms with Gasteiger partial charge in [-0.15, -0.1) is 0 Å². The normalized spacial score (nSPS) is 16.3. The lowest BCUT2D eigenvalue weighted by atomic mass is 9.97. The SMILES string of the molecule is CC(C)COC(=O)OC(=O)C1CCN(CCCN2c3ccccc3Sc3ccc(S(C)(=O)=O)cc32)CC1. The minimum atomic E-state index is -3.31. The molecule has 0 amide bonds. The third-order valence-corrected chi connectivity index (χ3v) is 8.76. The topological polar surface area (TPSA) is 93.2 Å². The zero-order valence-corrected chi connectivity index (χ0v) is 23.1. The first kappa shape index (κ1) is 27.5. The second-order valence-corrected chi connectivity index (χ2v) is 13.1. The van der Waals surface area contributed by atoms with Crippen molar-refractivity contribution in [2.24, 2.45) is 11.8 Å². The number of hydrogen-bond acceptors (Lipinski definition) is 9. The first-order valence-electron chi connectivity index (χ1n) is 12.6. The second-order valence-electron chi connectivity index (χ2n) is 9.97. The molecule has 1 saturated heterocycles. The molecule has 0 atom stereocenters. The summed E-state index contributed by atoms with van der Waals surface area (Å²) in [5.74, 6) is -0.623. The van der Waals surface area contributed by atoms with E-state index in [1.165, 1.54) is 6.26 Å². The summed E-state index contributed by atoms with van der Waals surface area (Å²) in [6.45, 7) is 7.15. The summed E-state index contributed by atoms with van der Waals surface area (Å²) in [4.78, 5) is 31.0. The molecule has 0 N–H and O–H groups in total. The molecule has 10 heteroatoms. The Morgan fingerprint density at radius 1 is 1.03 bits per heavy atom. The molecule has 8 nitrogen and oxygen atoms in total. The fraction of sp³-hybridized carbons (Fsp3) is 0.481. The minimum Gasteiger partial charge on any atom is -0.434 e. The van der Waals surface area contributed by atoms with Gasteiger partial charge in [-0.05, 0) is 75.1 Å². The number of para-hydroxylation sites is 1. The predicted octanol–water partition coefficient (Wildman–Crippen LogP) is 5.13. The number of carbonyl (C=O) groups is 2. The Balaban J connectivity index is 1.33. The lowest BCUT2D eigenvalue weighted by molar-refractivity contribution is -0.146. The minimum absolute atomic E-state index is 0.179. The smallest absolute Gasteiger partial charge is 0.434 e. The molecule has 2 aromatic carbocycles. The van der Waals surface area contributed by atoms with Gasteiger partial charge in [0.05, 0.1) is 28.8 Å². The number of anilines is 2. The molecular formula is C27H34N2O6S2. The number of carbonyl (C=O) groups excluding carboxylic acids is 2. The molecule has 0 radical (unpaired) electrons. The molecule has 0 aromatic heterocycles. The van der Waals surface area contributed by atoms with E-state index in [0.29, 0.717) is 17.7 Å². The average Bonchev–Trinajstić information content (AvgIpc) is 2.86. The van der Waals surface area contributed by atoms with Gasteiger partial charge in [0.25, 0.3) is 0 Å². The summed E-state index contributed by atoms with van der Waals surface area (Å²) in [6, 6.07) is 13.5. The molecular weight excluding hydrogens is 512 g/mol. The van der Waals surface area contributed by atoms with Gasteiger partial charge in [0.2, 0.25) is 0 Å². The lowest BCUT2D eigenvalue weighted by Crippen LogP contribution is -2.38. The summed E-state index contributed by atoms with van der Waals surface area (Å²) in [6.07, 6.45) is 2.47. The first-order valence-corrected chi connectivity index (χ1v) is 15.3. The number of nitrogens with zero attached hydrogens (tertiary/aromatic N) is 2. The number of rotatable bonds is 8. The van der Waals surface area contributed by atoms with Gasteiger partial charge >= 0.3 is 12.1 Å². The predicted molar refractivity (Wildman–Crippen MR) is 143 cm³/mol. The van der Waals surface area contributed by atoms with E-state index in [1.807, 2.05) is 32.0 Å². The molecule has 37 heavy (non-hydrogen) atoms. The largest absolute Gasteiger partial charge is 0.516 e. The Morgan fingerprint density at radius 3 is 2.43 bits per heavy atom. The van der Waals surface area contributed by atoms with E-state index in [1.54, 1.807) is 23.9 Å². The number of ether oxygens (including phenoxy) is 2. The van der Waals surface area contributed by atoms with E-state index >= 15 is 0 Å². The van der Waals surface area contributed by atoms with Crippen molar-refractivity contribution < 1.29 is 27.5 Å². The van der Waals surface area contributed by atoms with E-state index in [0.717, 1.165) is 53.8 Å². The van der Waals surface area contributed by atoms with Gasteiger partial charge in [-0.25, -0.2) is 13.2 Å². The highest BCUT2D eigenvalue weighted by Crippen LogP contribution is 2.48. The van der Waals surface area contributed by atoms with Crippen LogP contribution >= 0.6 is 11.8 Å². The van der Waals surface area contributed by atoms with Crippen molar-refractivity contribution >= 4 is 45.1 Å². The fourth-order valence-electron chi connectivity index (χ4n) is 4.55. The summed E-state index contributed by atoms with van der Waals surface area (Å²) >= 11 is 1.65. The van der Waals surface area contributed by atoms with Gasteiger partial charge in [0.1, 0.15) is 0 Å². The second kappa shape index (κ2) is 11.9. The van der Waals surface area contributed by atoms with Crippen LogP contribution in [-0.4, -0.2) is 64.5 Å². The van der Waals surface area contributed by atoms with E-state index in [4.69, 9.17) is 9.47 Å². The Kier molecular flexibility index (Phi) is 8.82. The molecule has 4 rings (SSSR count). The van der Waals surface area contributed by atoms with Crippen LogP contribution in [0.5, 0.6) is 0 Å². The molecule has 1 fully saturated rings. The third kappa shape index (κ3) is 7.06. The van der Waals surface area contributed by atoms with E-state index in [9.17, 15) is 18.0 Å². The van der Waals surface area contributed by atoms with E-state index in [2.05, 4.69) is 21.9 Å². The van der Waals surface area contributed by atoms with Crippen molar-refractivity contribution in [2.75, 3.05) is 43.9 Å². The van der Waals surface area contributed by atoms with Crippen LogP contribution in [0.1, 0.15) is 33.1 Å². The molecule has 0 spiro atoms. The van der Waals surface area contributed by atoms with Crippen LogP contribution in [0.2, 0.25) is 0 Å². The summed E-state index contributed by atoms with van der Waals surface area (Å²) in [5, 5.41) is 0. The van der Waals surface area contributed by atoms with Crippen LogP contribution in [0.4, 0.5) is 16.2 Å². The maximum atomic E-state index is 12.3. The van der Waals surface area contributed by atoms with Crippen molar-refractivity contribution in [1.82, 2.24) is 4.90 Å².